The van der Waals surface area contributed by atoms with Crippen LogP contribution in [0.15, 0.2) is 41.6 Å². The normalized spacial score (nSPS) is 18.8. The van der Waals surface area contributed by atoms with E-state index in [9.17, 15) is 8.42 Å². The number of rotatable bonds is 2. The van der Waals surface area contributed by atoms with Crippen LogP contribution in [0.3, 0.4) is 0 Å². The molecule has 1 aromatic heterocycles. The molecule has 1 aliphatic heterocycles. The van der Waals surface area contributed by atoms with Gasteiger partial charge in [-0.3, -0.25) is 9.40 Å². The van der Waals surface area contributed by atoms with Crippen LogP contribution >= 0.6 is 0 Å². The Kier molecular flexibility index (Phi) is 2.70. The molecule has 0 amide bonds. The van der Waals surface area contributed by atoms with Gasteiger partial charge in [0.15, 0.2) is 0 Å². The molecule has 2 heterocycles. The van der Waals surface area contributed by atoms with E-state index in [2.05, 4.69) is 10.2 Å². The molecule has 0 saturated heterocycles. The molecule has 0 saturated carbocycles. The largest absolute Gasteiger partial charge is 0.487 e. The number of benzene rings is 1. The topological polar surface area (TPSA) is 75.3 Å². The molecule has 1 aliphatic rings. The van der Waals surface area contributed by atoms with Crippen LogP contribution in [0.4, 0.5) is 5.69 Å². The first-order valence-corrected chi connectivity index (χ1v) is 7.30. The molecule has 1 aromatic carbocycles. The molecule has 0 radical (unpaired) electrons. The number of hydrogen-bond donors (Lipinski definition) is 1. The summed E-state index contributed by atoms with van der Waals surface area (Å²) in [6, 6.07) is 7.11. The number of sulfonamides is 1. The van der Waals surface area contributed by atoms with E-state index in [0.717, 1.165) is 0 Å². The third-order valence-corrected chi connectivity index (χ3v) is 4.69. The van der Waals surface area contributed by atoms with Crippen LogP contribution in [0.5, 0.6) is 5.75 Å². The van der Waals surface area contributed by atoms with Gasteiger partial charge in [0.2, 0.25) is 0 Å². The van der Waals surface area contributed by atoms with Gasteiger partial charge in [0.25, 0.3) is 10.0 Å². The van der Waals surface area contributed by atoms with Gasteiger partial charge >= 0.3 is 0 Å². The van der Waals surface area contributed by atoms with Gasteiger partial charge in [0.1, 0.15) is 16.7 Å². The summed E-state index contributed by atoms with van der Waals surface area (Å²) < 4.78 is 32.1. The fourth-order valence-electron chi connectivity index (χ4n) is 2.08. The highest BCUT2D eigenvalue weighted by atomic mass is 32.2. The fraction of sp³-hybridized carbons (Fsp3) is 0.250. The predicted molar refractivity (Wildman–Crippen MR) is 69.7 cm³/mol. The minimum Gasteiger partial charge on any atom is -0.487 e. The Balaban J connectivity index is 2.11. The van der Waals surface area contributed by atoms with E-state index in [0.29, 0.717) is 11.4 Å². The highest BCUT2D eigenvalue weighted by Gasteiger charge is 2.33. The number of fused-ring (bicyclic) bond motifs is 1. The van der Waals surface area contributed by atoms with Crippen molar-refractivity contribution in [2.45, 2.75) is 17.9 Å². The third kappa shape index (κ3) is 1.95. The zero-order valence-corrected chi connectivity index (χ0v) is 11.1. The molecule has 1 atom stereocenters. The molecule has 0 unspecified atom stereocenters. The van der Waals surface area contributed by atoms with Crippen molar-refractivity contribution in [2.24, 2.45) is 0 Å². The summed E-state index contributed by atoms with van der Waals surface area (Å²) in [6.45, 7) is 2.12. The number of aromatic amines is 1. The molecule has 0 fully saturated rings. The summed E-state index contributed by atoms with van der Waals surface area (Å²) in [5, 5.41) is 6.22. The molecule has 2 aromatic rings. The maximum absolute atomic E-state index is 12.6. The van der Waals surface area contributed by atoms with Crippen LogP contribution in [0.1, 0.15) is 6.92 Å². The lowest BCUT2D eigenvalue weighted by atomic mass is 10.2. The number of hydrogen-bond acceptors (Lipinski definition) is 4. The first-order valence-electron chi connectivity index (χ1n) is 5.86. The number of aromatic nitrogens is 2. The van der Waals surface area contributed by atoms with E-state index in [-0.39, 0.29) is 17.5 Å². The van der Waals surface area contributed by atoms with Gasteiger partial charge in [-0.25, -0.2) is 8.42 Å². The van der Waals surface area contributed by atoms with E-state index in [1.54, 1.807) is 18.2 Å². The maximum atomic E-state index is 12.6. The average molecular weight is 279 g/mol. The van der Waals surface area contributed by atoms with E-state index in [1.165, 1.54) is 16.7 Å². The molecule has 7 heteroatoms. The summed E-state index contributed by atoms with van der Waals surface area (Å²) in [4.78, 5) is 0.149. The second-order valence-electron chi connectivity index (χ2n) is 4.37. The fourth-order valence-corrected chi connectivity index (χ4v) is 3.54. The number of ether oxygens (including phenoxy) is 1. The number of anilines is 1. The number of nitrogens with one attached hydrogen (secondary N) is 1. The Labute approximate surface area is 111 Å². The van der Waals surface area contributed by atoms with Crippen LogP contribution < -0.4 is 9.04 Å². The molecule has 100 valence electrons. The lowest BCUT2D eigenvalue weighted by molar-refractivity contribution is 0.219. The number of nitrogens with zero attached hydrogens (tertiary/aromatic N) is 2. The van der Waals surface area contributed by atoms with Crippen LogP contribution in [0.25, 0.3) is 0 Å². The number of H-pyrrole nitrogens is 1. The quantitative estimate of drug-likeness (QED) is 0.901. The van der Waals surface area contributed by atoms with E-state index >= 15 is 0 Å². The SMILES string of the molecule is C[C@@H]1CN(S(=O)(=O)c2cn[nH]c2)c2ccccc2O1. The van der Waals surface area contributed by atoms with Gasteiger partial charge in [0, 0.05) is 6.20 Å². The molecule has 1 N–H and O–H groups in total. The van der Waals surface area contributed by atoms with Gasteiger partial charge in [-0.1, -0.05) is 12.1 Å². The lowest BCUT2D eigenvalue weighted by Gasteiger charge is -2.33. The molecular formula is C12H13N3O3S. The zero-order valence-electron chi connectivity index (χ0n) is 10.3. The van der Waals surface area contributed by atoms with Crippen LogP contribution in [-0.2, 0) is 10.0 Å². The molecule has 0 aliphatic carbocycles. The highest BCUT2D eigenvalue weighted by molar-refractivity contribution is 7.92. The van der Waals surface area contributed by atoms with Gasteiger partial charge in [0.05, 0.1) is 18.4 Å². The first kappa shape index (κ1) is 12.0. The highest BCUT2D eigenvalue weighted by Crippen LogP contribution is 2.36. The lowest BCUT2D eigenvalue weighted by Crippen LogP contribution is -2.42. The van der Waals surface area contributed by atoms with Crippen molar-refractivity contribution in [3.8, 4) is 5.75 Å². The van der Waals surface area contributed by atoms with Crippen molar-refractivity contribution in [3.05, 3.63) is 36.7 Å². The molecule has 0 bridgehead atoms. The monoisotopic (exact) mass is 279 g/mol. The second kappa shape index (κ2) is 4.27. The van der Waals surface area contributed by atoms with Gasteiger partial charge in [-0.15, -0.1) is 0 Å². The predicted octanol–water partition coefficient (Wildman–Crippen LogP) is 1.39. The Morgan fingerprint density at radius 2 is 2.21 bits per heavy atom. The summed E-state index contributed by atoms with van der Waals surface area (Å²) in [7, 11) is -3.61. The molecule has 19 heavy (non-hydrogen) atoms. The summed E-state index contributed by atoms with van der Waals surface area (Å²) in [5.41, 5.74) is 0.557. The summed E-state index contributed by atoms with van der Waals surface area (Å²) >= 11 is 0. The van der Waals surface area contributed by atoms with Crippen molar-refractivity contribution in [1.29, 1.82) is 0 Å². The summed E-state index contributed by atoms with van der Waals surface area (Å²) in [6.07, 6.45) is 2.48. The molecular weight excluding hydrogens is 266 g/mol. The van der Waals surface area contributed by atoms with Gasteiger partial charge in [-0.2, -0.15) is 5.10 Å². The number of para-hydroxylation sites is 2. The van der Waals surface area contributed by atoms with E-state index in [1.807, 2.05) is 13.0 Å². The Hall–Kier alpha value is -2.02. The van der Waals surface area contributed by atoms with Crippen LogP contribution in [0, 0.1) is 0 Å². The van der Waals surface area contributed by atoms with Crippen molar-refractivity contribution in [3.63, 3.8) is 0 Å². The van der Waals surface area contributed by atoms with Gasteiger partial charge < -0.3 is 4.74 Å². The standard InChI is InChI=1S/C12H13N3O3S/c1-9-8-15(11-4-2-3-5-12(11)18-9)19(16,17)10-6-13-14-7-10/h2-7,9H,8H2,1H3,(H,13,14)/t9-/m1/s1. The van der Waals surface area contributed by atoms with Crippen molar-refractivity contribution < 1.29 is 13.2 Å². The Morgan fingerprint density at radius 1 is 1.42 bits per heavy atom. The van der Waals surface area contributed by atoms with E-state index in [4.69, 9.17) is 4.74 Å². The smallest absolute Gasteiger partial charge is 0.267 e. The molecule has 3 rings (SSSR count). The minimum absolute atomic E-state index is 0.149. The maximum Gasteiger partial charge on any atom is 0.267 e. The van der Waals surface area contributed by atoms with Crippen LogP contribution in [-0.4, -0.2) is 31.3 Å². The third-order valence-electron chi connectivity index (χ3n) is 2.95. The first-order chi connectivity index (χ1) is 9.09. The zero-order chi connectivity index (χ0) is 13.5. The van der Waals surface area contributed by atoms with Crippen molar-refractivity contribution in [2.75, 3.05) is 10.8 Å². The Morgan fingerprint density at radius 3 is 2.95 bits per heavy atom. The van der Waals surface area contributed by atoms with Crippen LogP contribution in [0.2, 0.25) is 0 Å². The van der Waals surface area contributed by atoms with Crippen molar-refractivity contribution in [1.82, 2.24) is 10.2 Å². The minimum atomic E-state index is -3.61. The van der Waals surface area contributed by atoms with Gasteiger partial charge in [-0.05, 0) is 19.1 Å². The second-order valence-corrected chi connectivity index (χ2v) is 6.23. The Bertz CT molecular complexity index is 682. The van der Waals surface area contributed by atoms with Crippen molar-refractivity contribution >= 4 is 15.7 Å². The average Bonchev–Trinajstić information content (AvgIpc) is 2.92. The molecule has 0 spiro atoms. The molecule has 6 nitrogen and oxygen atoms in total. The summed E-state index contributed by atoms with van der Waals surface area (Å²) in [5.74, 6) is 0.577. The van der Waals surface area contributed by atoms with E-state index < -0.39 is 10.0 Å².